The van der Waals surface area contributed by atoms with Crippen LogP contribution in [0.3, 0.4) is 0 Å². The molecule has 2 atom stereocenters. The van der Waals surface area contributed by atoms with Crippen LogP contribution in [-0.2, 0) is 10.8 Å². The zero-order valence-electron chi connectivity index (χ0n) is 34.6. The van der Waals surface area contributed by atoms with Crippen LogP contribution in [0.5, 0.6) is 0 Å². The third kappa shape index (κ3) is 5.63. The lowest BCUT2D eigenvalue weighted by Gasteiger charge is -2.26. The first kappa shape index (κ1) is 36.5. The van der Waals surface area contributed by atoms with E-state index in [0.29, 0.717) is 0 Å². The van der Waals surface area contributed by atoms with E-state index < -0.39 is 0 Å². The van der Waals surface area contributed by atoms with Crippen LogP contribution in [0.25, 0.3) is 71.8 Å². The summed E-state index contributed by atoms with van der Waals surface area (Å²) in [4.78, 5) is 0. The zero-order valence-corrected chi connectivity index (χ0v) is 34.6. The SMILES string of the molecule is CC1(C)c2cc3ccccc3cc2-c2c(-c3ccc(/C=C/C(NC(N)c4ccccc4)c4ccc5c(c4)C(C)(C)c4c-5c5ccccc5c5ccccc45)cc3)cccc21. The predicted molar refractivity (Wildman–Crippen MR) is 254 cm³/mol. The first-order chi connectivity index (χ1) is 29.2. The molecule has 2 nitrogen and oxygen atoms in total. The molecule has 0 spiro atoms. The summed E-state index contributed by atoms with van der Waals surface area (Å²) in [6, 6.07) is 64.5. The van der Waals surface area contributed by atoms with Gasteiger partial charge in [-0.2, -0.15) is 0 Å². The summed E-state index contributed by atoms with van der Waals surface area (Å²) in [6.45, 7) is 9.51. The molecule has 2 heteroatoms. The van der Waals surface area contributed by atoms with Crippen LogP contribution in [0, 0.1) is 0 Å². The smallest absolute Gasteiger partial charge is 0.0817 e. The second-order valence-electron chi connectivity index (χ2n) is 17.9. The van der Waals surface area contributed by atoms with Gasteiger partial charge in [0.1, 0.15) is 0 Å². The van der Waals surface area contributed by atoms with Crippen molar-refractivity contribution in [2.45, 2.75) is 50.7 Å². The van der Waals surface area contributed by atoms with E-state index in [2.05, 4.69) is 215 Å². The van der Waals surface area contributed by atoms with Gasteiger partial charge in [0.05, 0.1) is 12.2 Å². The number of hydrogen-bond donors (Lipinski definition) is 2. The van der Waals surface area contributed by atoms with Gasteiger partial charge < -0.3 is 5.73 Å². The highest BCUT2D eigenvalue weighted by atomic mass is 15.0. The van der Waals surface area contributed by atoms with Crippen LogP contribution < -0.4 is 11.1 Å². The average Bonchev–Trinajstić information content (AvgIpc) is 3.66. The maximum absolute atomic E-state index is 6.93. The standard InChI is InChI=1S/C58H48N2/c1-57(2)49-24-14-23-42(53(49)48-33-39-17-8-9-18-40(39)34-51(48)57)37-28-25-36(26-29-37)27-32-52(60-56(59)38-15-6-5-7-16-38)41-30-31-47-50(35-41)58(3,4)55-46-22-13-11-20-44(46)43-19-10-12-21-45(43)54(47)55/h5-35,52,56,60H,59H2,1-4H3/b32-27+. The van der Waals surface area contributed by atoms with Gasteiger partial charge in [0.25, 0.3) is 0 Å². The fourth-order valence-corrected chi connectivity index (χ4v) is 10.6. The molecule has 0 aromatic heterocycles. The van der Waals surface area contributed by atoms with E-state index >= 15 is 0 Å². The molecule has 0 heterocycles. The van der Waals surface area contributed by atoms with E-state index in [4.69, 9.17) is 5.73 Å². The van der Waals surface area contributed by atoms with Crippen molar-refractivity contribution in [3.05, 3.63) is 221 Å². The number of nitrogens with one attached hydrogen (secondary N) is 1. The molecule has 0 amide bonds. The Morgan fingerprint density at radius 3 is 1.85 bits per heavy atom. The summed E-state index contributed by atoms with van der Waals surface area (Å²) in [5, 5.41) is 11.7. The molecule has 0 radical (unpaired) electrons. The quantitative estimate of drug-likeness (QED) is 0.125. The summed E-state index contributed by atoms with van der Waals surface area (Å²) in [6.07, 6.45) is 4.18. The van der Waals surface area contributed by atoms with E-state index in [1.165, 1.54) is 93.5 Å². The Kier molecular flexibility index (Phi) is 8.36. The fraction of sp³-hybridized carbons (Fsp3) is 0.138. The Morgan fingerprint density at radius 1 is 0.467 bits per heavy atom. The molecule has 0 bridgehead atoms. The van der Waals surface area contributed by atoms with Crippen LogP contribution in [0.4, 0.5) is 0 Å². The van der Waals surface area contributed by atoms with Crippen molar-refractivity contribution in [2.24, 2.45) is 5.73 Å². The number of fused-ring (bicyclic) bond motifs is 12. The minimum absolute atomic E-state index is 0.0763. The molecule has 9 aromatic carbocycles. The Bertz CT molecular complexity index is 3190. The topological polar surface area (TPSA) is 38.0 Å². The summed E-state index contributed by atoms with van der Waals surface area (Å²) in [5.41, 5.74) is 23.5. The molecule has 0 fully saturated rings. The Morgan fingerprint density at radius 2 is 1.10 bits per heavy atom. The zero-order chi connectivity index (χ0) is 40.8. The van der Waals surface area contributed by atoms with Gasteiger partial charge in [-0.15, -0.1) is 0 Å². The largest absolute Gasteiger partial charge is 0.312 e. The van der Waals surface area contributed by atoms with E-state index in [0.717, 1.165) is 11.1 Å². The van der Waals surface area contributed by atoms with Crippen molar-refractivity contribution in [3.8, 4) is 33.4 Å². The van der Waals surface area contributed by atoms with Gasteiger partial charge in [0.15, 0.2) is 0 Å². The molecule has 3 N–H and O–H groups in total. The summed E-state index contributed by atoms with van der Waals surface area (Å²) >= 11 is 0. The Balaban J connectivity index is 0.970. The average molecular weight is 773 g/mol. The molecule has 0 aliphatic heterocycles. The first-order valence-electron chi connectivity index (χ1n) is 21.3. The van der Waals surface area contributed by atoms with Crippen molar-refractivity contribution < 1.29 is 0 Å². The Hall–Kier alpha value is -6.58. The monoisotopic (exact) mass is 772 g/mol. The minimum atomic E-state index is -0.348. The van der Waals surface area contributed by atoms with Crippen molar-refractivity contribution in [1.29, 1.82) is 0 Å². The molecular formula is C58H48N2. The van der Waals surface area contributed by atoms with Gasteiger partial charge in [-0.1, -0.05) is 204 Å². The lowest BCUT2D eigenvalue weighted by Crippen LogP contribution is -2.31. The number of rotatable bonds is 7. The van der Waals surface area contributed by atoms with Gasteiger partial charge in [-0.05, 0) is 117 Å². The Labute approximate surface area is 353 Å². The summed E-state index contributed by atoms with van der Waals surface area (Å²) < 4.78 is 0. The maximum Gasteiger partial charge on any atom is 0.0817 e. The molecule has 290 valence electrons. The second kappa shape index (κ2) is 13.7. The van der Waals surface area contributed by atoms with Crippen molar-refractivity contribution in [1.82, 2.24) is 5.32 Å². The fourth-order valence-electron chi connectivity index (χ4n) is 10.6. The molecule has 2 aliphatic rings. The predicted octanol–water partition coefficient (Wildman–Crippen LogP) is 14.4. The summed E-state index contributed by atoms with van der Waals surface area (Å²) in [7, 11) is 0. The van der Waals surface area contributed by atoms with E-state index in [-0.39, 0.29) is 23.0 Å². The minimum Gasteiger partial charge on any atom is -0.312 e. The lowest BCUT2D eigenvalue weighted by atomic mass is 9.78. The first-order valence-corrected chi connectivity index (χ1v) is 21.3. The van der Waals surface area contributed by atoms with Crippen LogP contribution >= 0.6 is 0 Å². The van der Waals surface area contributed by atoms with E-state index in [1.54, 1.807) is 0 Å². The highest BCUT2D eigenvalue weighted by Gasteiger charge is 2.39. The third-order valence-electron chi connectivity index (χ3n) is 13.7. The van der Waals surface area contributed by atoms with Crippen LogP contribution in [0.2, 0.25) is 0 Å². The van der Waals surface area contributed by atoms with Gasteiger partial charge in [0, 0.05) is 10.8 Å². The van der Waals surface area contributed by atoms with Crippen molar-refractivity contribution >= 4 is 38.4 Å². The van der Waals surface area contributed by atoms with Gasteiger partial charge >= 0.3 is 0 Å². The van der Waals surface area contributed by atoms with Crippen LogP contribution in [0.15, 0.2) is 182 Å². The molecule has 60 heavy (non-hydrogen) atoms. The van der Waals surface area contributed by atoms with Gasteiger partial charge in [-0.25, -0.2) is 0 Å². The number of benzene rings is 9. The van der Waals surface area contributed by atoms with Crippen molar-refractivity contribution in [2.75, 3.05) is 0 Å². The van der Waals surface area contributed by atoms with Crippen LogP contribution in [-0.4, -0.2) is 0 Å². The highest BCUT2D eigenvalue weighted by molar-refractivity contribution is 6.18. The molecule has 0 saturated heterocycles. The van der Waals surface area contributed by atoms with Crippen LogP contribution in [0.1, 0.15) is 78.8 Å². The van der Waals surface area contributed by atoms with E-state index in [1.807, 2.05) is 6.07 Å². The number of hydrogen-bond acceptors (Lipinski definition) is 2. The normalized spacial score (nSPS) is 15.6. The molecule has 2 unspecified atom stereocenters. The van der Waals surface area contributed by atoms with E-state index in [9.17, 15) is 0 Å². The highest BCUT2D eigenvalue weighted by Crippen LogP contribution is 2.56. The lowest BCUT2D eigenvalue weighted by molar-refractivity contribution is 0.508. The molecule has 2 aliphatic carbocycles. The van der Waals surface area contributed by atoms with Crippen molar-refractivity contribution in [3.63, 3.8) is 0 Å². The molecule has 0 saturated carbocycles. The van der Waals surface area contributed by atoms with Gasteiger partial charge in [-0.3, -0.25) is 5.32 Å². The maximum atomic E-state index is 6.93. The molecular weight excluding hydrogens is 725 g/mol. The molecule has 9 aromatic rings. The molecule has 11 rings (SSSR count). The number of nitrogens with two attached hydrogens (primary N) is 1. The van der Waals surface area contributed by atoms with Gasteiger partial charge in [0.2, 0.25) is 0 Å². The summed E-state index contributed by atoms with van der Waals surface area (Å²) in [5.74, 6) is 0. The third-order valence-corrected chi connectivity index (χ3v) is 13.7. The second-order valence-corrected chi connectivity index (χ2v) is 17.9.